The molecule has 7 nitrogen and oxygen atoms in total. The molecule has 1 aliphatic heterocycles. The lowest BCUT2D eigenvalue weighted by Gasteiger charge is -2.29. The van der Waals surface area contributed by atoms with Crippen LogP contribution in [0, 0.1) is 0 Å². The molecule has 37 heavy (non-hydrogen) atoms. The molecule has 1 aliphatic rings. The SMILES string of the molecule is CO[C@H](C)CN(CCCCc1ccc2c(n1)NCCC2)CC[C@H](Nc1ccccc1)C(=O)OC(C)(C)C. The highest BCUT2D eigenvalue weighted by atomic mass is 16.6. The van der Waals surface area contributed by atoms with Crippen LogP contribution in [0.3, 0.4) is 0 Å². The summed E-state index contributed by atoms with van der Waals surface area (Å²) in [6.07, 6.45) is 6.17. The summed E-state index contributed by atoms with van der Waals surface area (Å²) >= 11 is 0. The lowest BCUT2D eigenvalue weighted by atomic mass is 10.1. The number of nitrogens with zero attached hydrogens (tertiary/aromatic N) is 2. The zero-order chi connectivity index (χ0) is 26.7. The Hall–Kier alpha value is -2.64. The van der Waals surface area contributed by atoms with Crippen LogP contribution in [0.4, 0.5) is 11.5 Å². The molecule has 0 aliphatic carbocycles. The fourth-order valence-corrected chi connectivity index (χ4v) is 4.55. The van der Waals surface area contributed by atoms with E-state index in [0.717, 1.165) is 69.1 Å². The number of carbonyl (C=O) groups excluding carboxylic acids is 1. The zero-order valence-electron chi connectivity index (χ0n) is 23.4. The van der Waals surface area contributed by atoms with Crippen LogP contribution in [0.25, 0.3) is 0 Å². The molecule has 2 atom stereocenters. The highest BCUT2D eigenvalue weighted by Crippen LogP contribution is 2.20. The first-order valence-corrected chi connectivity index (χ1v) is 13.8. The number of benzene rings is 1. The van der Waals surface area contributed by atoms with Crippen molar-refractivity contribution in [2.24, 2.45) is 0 Å². The van der Waals surface area contributed by atoms with Gasteiger partial charge in [0.1, 0.15) is 17.5 Å². The van der Waals surface area contributed by atoms with Gasteiger partial charge in [0, 0.05) is 38.1 Å². The second kappa shape index (κ2) is 14.3. The minimum Gasteiger partial charge on any atom is -0.458 e. The number of unbranched alkanes of at least 4 members (excludes halogenated alkanes) is 1. The van der Waals surface area contributed by atoms with Gasteiger partial charge in [0.15, 0.2) is 0 Å². The summed E-state index contributed by atoms with van der Waals surface area (Å²) in [6.45, 7) is 11.4. The van der Waals surface area contributed by atoms with Crippen molar-refractivity contribution < 1.29 is 14.3 Å². The second-order valence-corrected chi connectivity index (χ2v) is 11.0. The fraction of sp³-hybridized carbons (Fsp3) is 0.600. The van der Waals surface area contributed by atoms with Crippen molar-refractivity contribution >= 4 is 17.5 Å². The molecule has 0 fully saturated rings. The van der Waals surface area contributed by atoms with Gasteiger partial charge in [-0.05, 0) is 96.5 Å². The van der Waals surface area contributed by atoms with E-state index in [1.807, 2.05) is 51.1 Å². The Morgan fingerprint density at radius 2 is 1.92 bits per heavy atom. The van der Waals surface area contributed by atoms with Crippen LogP contribution in [-0.4, -0.2) is 66.9 Å². The van der Waals surface area contributed by atoms with Gasteiger partial charge in [-0.2, -0.15) is 0 Å². The Morgan fingerprint density at radius 1 is 1.14 bits per heavy atom. The molecule has 204 valence electrons. The first-order chi connectivity index (χ1) is 17.7. The third kappa shape index (κ3) is 10.3. The molecule has 0 saturated heterocycles. The molecule has 7 heteroatoms. The molecule has 0 amide bonds. The number of hydrogen-bond acceptors (Lipinski definition) is 7. The van der Waals surface area contributed by atoms with Gasteiger partial charge in [0.25, 0.3) is 0 Å². The number of aromatic nitrogens is 1. The number of hydrogen-bond donors (Lipinski definition) is 2. The summed E-state index contributed by atoms with van der Waals surface area (Å²) in [7, 11) is 1.75. The van der Waals surface area contributed by atoms with E-state index in [0.29, 0.717) is 6.42 Å². The average molecular weight is 511 g/mol. The lowest BCUT2D eigenvalue weighted by Crippen LogP contribution is -2.41. The molecule has 2 N–H and O–H groups in total. The van der Waals surface area contributed by atoms with Crippen molar-refractivity contribution in [1.29, 1.82) is 0 Å². The highest BCUT2D eigenvalue weighted by Gasteiger charge is 2.26. The fourth-order valence-electron chi connectivity index (χ4n) is 4.55. The molecule has 1 aromatic heterocycles. The first kappa shape index (κ1) is 28.9. The van der Waals surface area contributed by atoms with Crippen LogP contribution < -0.4 is 10.6 Å². The Labute approximate surface area is 223 Å². The molecular weight excluding hydrogens is 464 g/mol. The number of carbonyl (C=O) groups is 1. The predicted molar refractivity (Wildman–Crippen MR) is 151 cm³/mol. The number of rotatable bonds is 14. The number of pyridine rings is 1. The van der Waals surface area contributed by atoms with Crippen molar-refractivity contribution in [3.05, 3.63) is 53.7 Å². The van der Waals surface area contributed by atoms with Crippen LogP contribution in [0.2, 0.25) is 0 Å². The monoisotopic (exact) mass is 510 g/mol. The van der Waals surface area contributed by atoms with E-state index in [1.165, 1.54) is 12.0 Å². The molecule has 0 saturated carbocycles. The molecule has 0 unspecified atom stereocenters. The maximum atomic E-state index is 13.0. The number of aryl methyl sites for hydroxylation is 2. The molecule has 2 aromatic rings. The number of methoxy groups -OCH3 is 1. The summed E-state index contributed by atoms with van der Waals surface area (Å²) in [5, 5.41) is 6.82. The van der Waals surface area contributed by atoms with Crippen LogP contribution in [0.5, 0.6) is 0 Å². The van der Waals surface area contributed by atoms with E-state index >= 15 is 0 Å². The standard InChI is InChI=1S/C30H46N4O3/c1-23(36-5)22-34(20-10-9-15-26-17-16-24-12-11-19-31-28(24)33-26)21-18-27(29(35)37-30(2,3)4)32-25-13-7-6-8-14-25/h6-8,13-14,16-17,23,27,32H,9-12,15,18-22H2,1-5H3,(H,31,33)/t23-,27+/m1/s1. The van der Waals surface area contributed by atoms with Gasteiger partial charge in [-0.15, -0.1) is 0 Å². The van der Waals surface area contributed by atoms with Gasteiger partial charge in [-0.3, -0.25) is 0 Å². The largest absolute Gasteiger partial charge is 0.458 e. The molecule has 3 rings (SSSR count). The van der Waals surface area contributed by atoms with Crippen LogP contribution >= 0.6 is 0 Å². The molecule has 2 heterocycles. The van der Waals surface area contributed by atoms with E-state index in [4.69, 9.17) is 14.5 Å². The number of anilines is 2. The second-order valence-electron chi connectivity index (χ2n) is 11.0. The van der Waals surface area contributed by atoms with Crippen molar-refractivity contribution in [2.45, 2.75) is 84.0 Å². The predicted octanol–water partition coefficient (Wildman–Crippen LogP) is 5.31. The zero-order valence-corrected chi connectivity index (χ0v) is 23.4. The molecular formula is C30H46N4O3. The molecule has 1 aromatic carbocycles. The summed E-state index contributed by atoms with van der Waals surface area (Å²) in [6, 6.07) is 13.8. The van der Waals surface area contributed by atoms with E-state index in [2.05, 4.69) is 34.6 Å². The van der Waals surface area contributed by atoms with Crippen LogP contribution in [0.1, 0.15) is 64.6 Å². The third-order valence-corrected chi connectivity index (χ3v) is 6.57. The normalized spacial score (nSPS) is 15.0. The Morgan fingerprint density at radius 3 is 2.65 bits per heavy atom. The Balaban J connectivity index is 1.56. The van der Waals surface area contributed by atoms with Gasteiger partial charge >= 0.3 is 5.97 Å². The van der Waals surface area contributed by atoms with Gasteiger partial charge in [-0.1, -0.05) is 24.3 Å². The average Bonchev–Trinajstić information content (AvgIpc) is 2.88. The summed E-state index contributed by atoms with van der Waals surface area (Å²) in [5.74, 6) is 0.849. The number of esters is 1. The number of nitrogens with one attached hydrogen (secondary N) is 2. The van der Waals surface area contributed by atoms with Crippen LogP contribution in [-0.2, 0) is 27.1 Å². The maximum absolute atomic E-state index is 13.0. The topological polar surface area (TPSA) is 75.7 Å². The Kier molecular flexibility index (Phi) is 11.2. The smallest absolute Gasteiger partial charge is 0.329 e. The lowest BCUT2D eigenvalue weighted by molar-refractivity contribution is -0.156. The summed E-state index contributed by atoms with van der Waals surface area (Å²) in [5.41, 5.74) is 2.88. The van der Waals surface area contributed by atoms with E-state index < -0.39 is 11.6 Å². The van der Waals surface area contributed by atoms with Crippen molar-refractivity contribution in [1.82, 2.24) is 9.88 Å². The summed E-state index contributed by atoms with van der Waals surface area (Å²) < 4.78 is 11.3. The van der Waals surface area contributed by atoms with E-state index in [-0.39, 0.29) is 12.1 Å². The Bertz CT molecular complexity index is 961. The molecule has 0 bridgehead atoms. The van der Waals surface area contributed by atoms with E-state index in [9.17, 15) is 4.79 Å². The van der Waals surface area contributed by atoms with Gasteiger partial charge in [0.05, 0.1) is 6.10 Å². The highest BCUT2D eigenvalue weighted by molar-refractivity contribution is 5.79. The molecule has 0 radical (unpaired) electrons. The van der Waals surface area contributed by atoms with Gasteiger partial charge in [0.2, 0.25) is 0 Å². The number of ether oxygens (including phenoxy) is 2. The summed E-state index contributed by atoms with van der Waals surface area (Å²) in [4.78, 5) is 20.3. The van der Waals surface area contributed by atoms with Crippen molar-refractivity contribution in [3.8, 4) is 0 Å². The van der Waals surface area contributed by atoms with Crippen molar-refractivity contribution in [3.63, 3.8) is 0 Å². The van der Waals surface area contributed by atoms with Crippen LogP contribution in [0.15, 0.2) is 42.5 Å². The third-order valence-electron chi connectivity index (χ3n) is 6.57. The quantitative estimate of drug-likeness (QED) is 0.263. The number of fused-ring (bicyclic) bond motifs is 1. The first-order valence-electron chi connectivity index (χ1n) is 13.8. The maximum Gasteiger partial charge on any atom is 0.329 e. The van der Waals surface area contributed by atoms with Crippen molar-refractivity contribution in [2.75, 3.05) is 43.9 Å². The number of para-hydroxylation sites is 1. The van der Waals surface area contributed by atoms with E-state index in [1.54, 1.807) is 7.11 Å². The van der Waals surface area contributed by atoms with Gasteiger partial charge < -0.3 is 25.0 Å². The molecule has 0 spiro atoms. The minimum atomic E-state index is -0.530. The minimum absolute atomic E-state index is 0.121. The van der Waals surface area contributed by atoms with Gasteiger partial charge in [-0.25, -0.2) is 9.78 Å².